The number of amides is 2. The molecule has 1 aliphatic rings. The van der Waals surface area contributed by atoms with Gasteiger partial charge in [0.2, 0.25) is 5.91 Å². The summed E-state index contributed by atoms with van der Waals surface area (Å²) in [6.07, 6.45) is 0.486. The molecule has 2 heterocycles. The summed E-state index contributed by atoms with van der Waals surface area (Å²) in [7, 11) is 1.64. The van der Waals surface area contributed by atoms with Gasteiger partial charge < -0.3 is 19.5 Å². The van der Waals surface area contributed by atoms with E-state index in [9.17, 15) is 9.59 Å². The molecule has 0 saturated carbocycles. The number of nitrogens with one attached hydrogen (secondary N) is 1. The van der Waals surface area contributed by atoms with Gasteiger partial charge in [0.15, 0.2) is 11.9 Å². The van der Waals surface area contributed by atoms with E-state index in [1.54, 1.807) is 31.3 Å². The van der Waals surface area contributed by atoms with Crippen LogP contribution in [-0.2, 0) is 14.3 Å². The molecular formula is C15H14ClN3O4. The number of ether oxygens (including phenoxy) is 1. The molecular weight excluding hydrogens is 322 g/mol. The van der Waals surface area contributed by atoms with E-state index in [1.165, 1.54) is 17.2 Å². The van der Waals surface area contributed by atoms with Gasteiger partial charge in [-0.2, -0.15) is 0 Å². The van der Waals surface area contributed by atoms with Crippen LogP contribution in [0.2, 0.25) is 5.02 Å². The molecule has 1 aromatic heterocycles. The lowest BCUT2D eigenvalue weighted by molar-refractivity contribution is -0.160. The fourth-order valence-electron chi connectivity index (χ4n) is 2.46. The molecule has 2 amide bonds. The van der Waals surface area contributed by atoms with Crippen LogP contribution < -0.4 is 5.32 Å². The molecule has 120 valence electrons. The van der Waals surface area contributed by atoms with Gasteiger partial charge in [-0.15, -0.1) is 0 Å². The topological polar surface area (TPSA) is 84.7 Å². The van der Waals surface area contributed by atoms with Gasteiger partial charge in [-0.3, -0.25) is 9.59 Å². The molecule has 1 aromatic carbocycles. The average Bonchev–Trinajstić information content (AvgIpc) is 3.04. The van der Waals surface area contributed by atoms with Gasteiger partial charge >= 0.3 is 0 Å². The van der Waals surface area contributed by atoms with E-state index >= 15 is 0 Å². The third-order valence-corrected chi connectivity index (χ3v) is 3.89. The highest BCUT2D eigenvalue weighted by molar-refractivity contribution is 6.30. The molecule has 1 fully saturated rings. The monoisotopic (exact) mass is 335 g/mol. The summed E-state index contributed by atoms with van der Waals surface area (Å²) >= 11 is 5.90. The minimum absolute atomic E-state index is 0.155. The van der Waals surface area contributed by atoms with Gasteiger partial charge in [0.1, 0.15) is 12.9 Å². The first-order chi connectivity index (χ1) is 11.1. The molecule has 8 heteroatoms. The maximum Gasteiger partial charge on any atom is 0.257 e. The minimum atomic E-state index is -0.865. The predicted molar refractivity (Wildman–Crippen MR) is 81.8 cm³/mol. The van der Waals surface area contributed by atoms with E-state index in [0.717, 1.165) is 5.56 Å². The SMILES string of the molecule is CN1C(=O)CO[C@H](C(=O)Nc2ccon2)[C@H]1c1ccc(Cl)cc1. The lowest BCUT2D eigenvalue weighted by atomic mass is 9.97. The largest absolute Gasteiger partial charge is 0.363 e. The Balaban J connectivity index is 1.88. The summed E-state index contributed by atoms with van der Waals surface area (Å²) < 4.78 is 10.2. The van der Waals surface area contributed by atoms with Gasteiger partial charge in [0.05, 0.1) is 6.04 Å². The quantitative estimate of drug-likeness (QED) is 0.925. The van der Waals surface area contributed by atoms with Crippen molar-refractivity contribution < 1.29 is 18.8 Å². The number of hydrogen-bond donors (Lipinski definition) is 1. The molecule has 7 nitrogen and oxygen atoms in total. The van der Waals surface area contributed by atoms with Crippen LogP contribution >= 0.6 is 11.6 Å². The van der Waals surface area contributed by atoms with Crippen molar-refractivity contribution in [1.82, 2.24) is 10.1 Å². The van der Waals surface area contributed by atoms with Crippen LogP contribution in [-0.4, -0.2) is 41.6 Å². The molecule has 3 rings (SSSR count). The standard InChI is InChI=1S/C15H14ClN3O4/c1-19-12(20)8-22-14(15(21)17-11-6-7-23-18-11)13(19)9-2-4-10(16)5-3-9/h2-7,13-14H,8H2,1H3,(H,17,18,21)/t13-,14+/m1/s1. The van der Waals surface area contributed by atoms with Crippen LogP contribution in [0.4, 0.5) is 5.82 Å². The number of carbonyl (C=O) groups is 2. The number of nitrogens with zero attached hydrogens (tertiary/aromatic N) is 2. The number of carbonyl (C=O) groups excluding carboxylic acids is 2. The summed E-state index contributed by atoms with van der Waals surface area (Å²) in [5, 5.41) is 6.81. The molecule has 0 spiro atoms. The highest BCUT2D eigenvalue weighted by Crippen LogP contribution is 2.30. The summed E-state index contributed by atoms with van der Waals surface area (Å²) in [6, 6.07) is 7.91. The van der Waals surface area contributed by atoms with Crippen molar-refractivity contribution in [2.24, 2.45) is 0 Å². The van der Waals surface area contributed by atoms with Gasteiger partial charge in [0.25, 0.3) is 5.91 Å². The van der Waals surface area contributed by atoms with Gasteiger partial charge in [-0.1, -0.05) is 28.9 Å². The highest BCUT2D eigenvalue weighted by atomic mass is 35.5. The second-order valence-electron chi connectivity index (χ2n) is 5.11. The van der Waals surface area contributed by atoms with Crippen molar-refractivity contribution in [3.05, 3.63) is 47.2 Å². The Labute approximate surface area is 137 Å². The Morgan fingerprint density at radius 2 is 2.09 bits per heavy atom. The number of benzene rings is 1. The first-order valence-corrected chi connectivity index (χ1v) is 7.28. The summed E-state index contributed by atoms with van der Waals surface area (Å²) in [6.45, 7) is -0.155. The van der Waals surface area contributed by atoms with Crippen LogP contribution in [0.5, 0.6) is 0 Å². The van der Waals surface area contributed by atoms with Crippen LogP contribution in [0.25, 0.3) is 0 Å². The molecule has 1 saturated heterocycles. The fraction of sp³-hybridized carbons (Fsp3) is 0.267. The van der Waals surface area contributed by atoms with Crippen LogP contribution in [0.3, 0.4) is 0 Å². The molecule has 0 aliphatic carbocycles. The van der Waals surface area contributed by atoms with Crippen molar-refractivity contribution in [2.75, 3.05) is 19.0 Å². The number of rotatable bonds is 3. The van der Waals surface area contributed by atoms with Crippen molar-refractivity contribution in [2.45, 2.75) is 12.1 Å². The van der Waals surface area contributed by atoms with Crippen molar-refractivity contribution in [3.63, 3.8) is 0 Å². The fourth-order valence-corrected chi connectivity index (χ4v) is 2.59. The van der Waals surface area contributed by atoms with E-state index in [-0.39, 0.29) is 18.3 Å². The van der Waals surface area contributed by atoms with Crippen LogP contribution in [0.15, 0.2) is 41.1 Å². The molecule has 2 aromatic rings. The van der Waals surface area contributed by atoms with Crippen LogP contribution in [0, 0.1) is 0 Å². The van der Waals surface area contributed by atoms with E-state index in [2.05, 4.69) is 15.0 Å². The second kappa shape index (κ2) is 6.39. The van der Waals surface area contributed by atoms with Gasteiger partial charge in [-0.05, 0) is 17.7 Å². The molecule has 0 unspecified atom stereocenters. The summed E-state index contributed by atoms with van der Waals surface area (Å²) in [4.78, 5) is 25.9. The molecule has 1 N–H and O–H groups in total. The van der Waals surface area contributed by atoms with E-state index in [1.807, 2.05) is 0 Å². The lowest BCUT2D eigenvalue weighted by Gasteiger charge is -2.38. The van der Waals surface area contributed by atoms with E-state index in [0.29, 0.717) is 5.02 Å². The number of anilines is 1. The first-order valence-electron chi connectivity index (χ1n) is 6.90. The Morgan fingerprint density at radius 3 is 2.74 bits per heavy atom. The lowest BCUT2D eigenvalue weighted by Crippen LogP contribution is -2.51. The molecule has 1 aliphatic heterocycles. The number of hydrogen-bond acceptors (Lipinski definition) is 5. The van der Waals surface area contributed by atoms with Gasteiger partial charge in [-0.25, -0.2) is 0 Å². The molecule has 0 radical (unpaired) electrons. The third-order valence-electron chi connectivity index (χ3n) is 3.64. The maximum absolute atomic E-state index is 12.5. The highest BCUT2D eigenvalue weighted by Gasteiger charge is 2.40. The number of morpholine rings is 1. The number of aromatic nitrogens is 1. The Hall–Kier alpha value is -2.38. The molecule has 0 bridgehead atoms. The van der Waals surface area contributed by atoms with Crippen molar-refractivity contribution >= 4 is 29.2 Å². The maximum atomic E-state index is 12.5. The Kier molecular flexibility index (Phi) is 4.31. The Morgan fingerprint density at radius 1 is 1.35 bits per heavy atom. The van der Waals surface area contributed by atoms with Crippen LogP contribution in [0.1, 0.15) is 11.6 Å². The Bertz CT molecular complexity index is 702. The average molecular weight is 336 g/mol. The summed E-state index contributed by atoms with van der Waals surface area (Å²) in [5.41, 5.74) is 0.755. The second-order valence-corrected chi connectivity index (χ2v) is 5.54. The molecule has 23 heavy (non-hydrogen) atoms. The third kappa shape index (κ3) is 3.20. The number of likely N-dealkylation sites (N-methyl/N-ethyl adjacent to an activating group) is 1. The van der Waals surface area contributed by atoms with Crippen molar-refractivity contribution in [1.29, 1.82) is 0 Å². The van der Waals surface area contributed by atoms with E-state index < -0.39 is 18.1 Å². The summed E-state index contributed by atoms with van der Waals surface area (Å²) in [5.74, 6) is -0.318. The van der Waals surface area contributed by atoms with Crippen molar-refractivity contribution in [3.8, 4) is 0 Å². The smallest absolute Gasteiger partial charge is 0.257 e. The zero-order chi connectivity index (χ0) is 16.4. The predicted octanol–water partition coefficient (Wildman–Crippen LogP) is 1.86. The first kappa shape index (κ1) is 15.5. The van der Waals surface area contributed by atoms with E-state index in [4.69, 9.17) is 16.3 Å². The zero-order valence-corrected chi connectivity index (χ0v) is 13.0. The molecule has 2 atom stereocenters. The van der Waals surface area contributed by atoms with Gasteiger partial charge in [0, 0.05) is 18.1 Å². The minimum Gasteiger partial charge on any atom is -0.363 e. The normalized spacial score (nSPS) is 21.3. The zero-order valence-electron chi connectivity index (χ0n) is 12.2. The number of halogens is 1.